The molecule has 0 spiro atoms. The van der Waals surface area contributed by atoms with Gasteiger partial charge >= 0.3 is 12.3 Å². The highest BCUT2D eigenvalue weighted by Gasteiger charge is 2.43. The first-order valence-electron chi connectivity index (χ1n) is 23.0. The van der Waals surface area contributed by atoms with Crippen molar-refractivity contribution >= 4 is 40.8 Å². The van der Waals surface area contributed by atoms with Gasteiger partial charge in [-0.05, 0) is 96.4 Å². The van der Waals surface area contributed by atoms with E-state index in [1.807, 2.05) is 30.3 Å². The number of nitrogens with one attached hydrogen (secondary N) is 4. The number of nitrogens with zero attached hydrogens (tertiary/aromatic N) is 4. The molecule has 4 N–H and O–H groups in total. The second kappa shape index (κ2) is 19.2. The van der Waals surface area contributed by atoms with Gasteiger partial charge in [0.25, 0.3) is 5.91 Å². The van der Waals surface area contributed by atoms with Crippen molar-refractivity contribution in [2.75, 3.05) is 69.0 Å². The van der Waals surface area contributed by atoms with Gasteiger partial charge in [-0.25, -0.2) is 9.78 Å². The van der Waals surface area contributed by atoms with E-state index in [1.54, 1.807) is 26.2 Å². The van der Waals surface area contributed by atoms with Crippen LogP contribution >= 0.6 is 0 Å². The molecule has 1 aromatic heterocycles. The van der Waals surface area contributed by atoms with Gasteiger partial charge in [0.15, 0.2) is 0 Å². The van der Waals surface area contributed by atoms with E-state index in [2.05, 4.69) is 77.4 Å². The molecule has 346 valence electrons. The van der Waals surface area contributed by atoms with Crippen molar-refractivity contribution in [3.8, 4) is 16.9 Å². The monoisotopic (exact) mass is 902 g/mol. The molecule has 4 atom stereocenters. The summed E-state index contributed by atoms with van der Waals surface area (Å²) in [6.07, 6.45) is 2.78. The predicted octanol–water partition coefficient (Wildman–Crippen LogP) is 9.90. The van der Waals surface area contributed by atoms with E-state index in [-0.39, 0.29) is 29.2 Å². The number of ether oxygens (including phenoxy) is 2. The Kier molecular flexibility index (Phi) is 13.1. The Labute approximate surface area is 383 Å². The fourth-order valence-corrected chi connectivity index (χ4v) is 11.1. The van der Waals surface area contributed by atoms with Crippen LogP contribution in [0.3, 0.4) is 0 Å². The Bertz CT molecular complexity index is 2520. The summed E-state index contributed by atoms with van der Waals surface area (Å²) >= 11 is 0. The number of carbonyl (C=O) groups excluding carboxylic acids is 2. The quantitative estimate of drug-likeness (QED) is 0.0906. The zero-order chi connectivity index (χ0) is 46.0. The van der Waals surface area contributed by atoms with Crippen molar-refractivity contribution in [2.45, 2.75) is 63.6 Å². The van der Waals surface area contributed by atoms with Crippen LogP contribution in [0.2, 0.25) is 0 Å². The van der Waals surface area contributed by atoms with Gasteiger partial charge < -0.3 is 35.6 Å². The number of methoxy groups -OCH3 is 1. The van der Waals surface area contributed by atoms with E-state index in [4.69, 9.17) is 9.47 Å². The van der Waals surface area contributed by atoms with E-state index in [9.17, 15) is 22.8 Å². The number of halogens is 3. The van der Waals surface area contributed by atoms with E-state index >= 15 is 0 Å². The smallest absolute Gasteiger partial charge is 0.421 e. The maximum Gasteiger partial charge on any atom is 0.421 e. The van der Waals surface area contributed by atoms with E-state index < -0.39 is 23.5 Å². The normalized spacial score (nSPS) is 20.5. The molecule has 0 radical (unpaired) electrons. The third kappa shape index (κ3) is 9.35. The van der Waals surface area contributed by atoms with Crippen LogP contribution in [-0.4, -0.2) is 86.4 Å². The molecule has 2 heterocycles. The van der Waals surface area contributed by atoms with Crippen LogP contribution in [0.4, 0.5) is 46.8 Å². The van der Waals surface area contributed by atoms with Crippen molar-refractivity contribution in [3.05, 3.63) is 119 Å². The number of hydrogen-bond acceptors (Lipinski definition) is 10. The molecular weight excluding hydrogens is 846 g/mol. The van der Waals surface area contributed by atoms with E-state index in [1.165, 1.54) is 67.5 Å². The molecule has 4 unspecified atom stereocenters. The Balaban J connectivity index is 0.826. The number of aryl methyl sites for hydroxylation is 1. The van der Waals surface area contributed by atoms with Gasteiger partial charge in [-0.2, -0.15) is 18.2 Å². The van der Waals surface area contributed by atoms with Crippen LogP contribution < -0.4 is 30.9 Å². The summed E-state index contributed by atoms with van der Waals surface area (Å²) < 4.78 is 54.3. The average molecular weight is 903 g/mol. The Morgan fingerprint density at radius 1 is 0.879 bits per heavy atom. The van der Waals surface area contributed by atoms with Crippen LogP contribution in [0.5, 0.6) is 5.75 Å². The molecule has 12 nitrogen and oxygen atoms in total. The zero-order valence-corrected chi connectivity index (χ0v) is 37.6. The number of benzene rings is 4. The van der Waals surface area contributed by atoms with Gasteiger partial charge in [-0.15, -0.1) is 0 Å². The largest absolute Gasteiger partial charge is 0.494 e. The number of alkyl halides is 3. The lowest BCUT2D eigenvalue weighted by Gasteiger charge is -2.52. The third-order valence-electron chi connectivity index (χ3n) is 14.2. The number of piperazine rings is 1. The van der Waals surface area contributed by atoms with E-state index in [0.29, 0.717) is 48.0 Å². The number of carbonyl (C=O) groups is 2. The Morgan fingerprint density at radius 3 is 2.33 bits per heavy atom. The highest BCUT2D eigenvalue weighted by molar-refractivity contribution is 6.01. The van der Waals surface area contributed by atoms with Crippen molar-refractivity contribution in [2.24, 2.45) is 17.8 Å². The van der Waals surface area contributed by atoms with Crippen LogP contribution in [-0.2, 0) is 10.9 Å². The lowest BCUT2D eigenvalue weighted by Crippen LogP contribution is -2.57. The predicted molar refractivity (Wildman–Crippen MR) is 250 cm³/mol. The summed E-state index contributed by atoms with van der Waals surface area (Å²) in [4.78, 5) is 39.0. The lowest BCUT2D eigenvalue weighted by atomic mass is 9.64. The number of para-hydroxylation sites is 1. The minimum atomic E-state index is -4.76. The molecule has 5 aromatic rings. The summed E-state index contributed by atoms with van der Waals surface area (Å²) in [7, 11) is 3.00. The first kappa shape index (κ1) is 44.8. The standard InChI is InChI=1S/C51H57F3N8O4/c1-31-10-8-17-40(48(63)55-2)45(31)59-47-42(51(52,53)54)29-57-49(60-47)58-43-19-18-35(28-44(43)65-3)61-22-24-62(25-23-61)46-33-12-9-11-32(26-33)27-34(46)20-21-56-50(64)66-30-41-38-15-6-4-13-36(38)37-14-5-7-16-39(37)41/h4-8,10,13-19,28-29,32-34,41,46H,9,11-12,20-27,30H2,1-3H3,(H,55,63)(H,56,64)(H2,57,58,59,60). The average Bonchev–Trinajstić information content (AvgIpc) is 3.64. The second-order valence-corrected chi connectivity index (χ2v) is 18.0. The SMILES string of the molecule is CNC(=O)c1cccc(C)c1Nc1nc(Nc2ccc(N3CCN(C4C5CCCC(C5)CC4CCNC(=O)OCC4c5ccccc5-c5ccccc54)CC3)cc2OC)ncc1C(F)(F)F. The first-order chi connectivity index (χ1) is 32.0. The summed E-state index contributed by atoms with van der Waals surface area (Å²) in [6, 6.07) is 27.8. The van der Waals surface area contributed by atoms with Gasteiger partial charge in [-0.3, -0.25) is 9.69 Å². The fourth-order valence-electron chi connectivity index (χ4n) is 11.1. The molecule has 1 aliphatic heterocycles. The minimum absolute atomic E-state index is 0.0243. The first-order valence-corrected chi connectivity index (χ1v) is 23.0. The molecule has 15 heteroatoms. The van der Waals surface area contributed by atoms with Gasteiger partial charge in [0.1, 0.15) is 23.7 Å². The molecule has 4 aromatic carbocycles. The number of alkyl carbamates (subject to hydrolysis) is 1. The van der Waals surface area contributed by atoms with Gasteiger partial charge in [0.2, 0.25) is 5.95 Å². The molecule has 2 bridgehead atoms. The summed E-state index contributed by atoms with van der Waals surface area (Å²) in [6.45, 7) is 6.03. The summed E-state index contributed by atoms with van der Waals surface area (Å²) in [5.41, 5.74) is 6.15. The number of amides is 2. The van der Waals surface area contributed by atoms with Crippen LogP contribution in [0, 0.1) is 24.7 Å². The highest BCUT2D eigenvalue weighted by atomic mass is 19.4. The minimum Gasteiger partial charge on any atom is -0.494 e. The molecule has 3 aliphatic carbocycles. The lowest BCUT2D eigenvalue weighted by molar-refractivity contribution is -0.137. The molecule has 1 saturated heterocycles. The van der Waals surface area contributed by atoms with Crippen molar-refractivity contribution in [1.29, 1.82) is 0 Å². The third-order valence-corrected chi connectivity index (χ3v) is 14.2. The number of rotatable bonds is 13. The molecule has 9 rings (SSSR count). The summed E-state index contributed by atoms with van der Waals surface area (Å²) in [5.74, 6) is 1.35. The van der Waals surface area contributed by atoms with Crippen LogP contribution in [0.1, 0.15) is 77.1 Å². The van der Waals surface area contributed by atoms with Crippen LogP contribution in [0.25, 0.3) is 11.1 Å². The maximum atomic E-state index is 14.2. The fraction of sp³-hybridized carbons (Fsp3) is 0.412. The molecule has 2 saturated carbocycles. The van der Waals surface area contributed by atoms with Gasteiger partial charge in [0, 0.05) is 69.7 Å². The number of aromatic nitrogens is 2. The molecule has 3 fully saturated rings. The zero-order valence-electron chi connectivity index (χ0n) is 37.6. The second-order valence-electron chi connectivity index (χ2n) is 18.0. The number of fused-ring (bicyclic) bond motifs is 5. The topological polar surface area (TPSA) is 133 Å². The molecule has 4 aliphatic rings. The number of anilines is 5. The van der Waals surface area contributed by atoms with E-state index in [0.717, 1.165) is 50.4 Å². The highest BCUT2D eigenvalue weighted by Crippen LogP contribution is 2.47. The Hall–Kier alpha value is -6.35. The Morgan fingerprint density at radius 2 is 1.62 bits per heavy atom. The molecular formula is C51H57F3N8O4. The van der Waals surface area contributed by atoms with Crippen molar-refractivity contribution in [1.82, 2.24) is 25.5 Å². The molecule has 2 amide bonds. The van der Waals surface area contributed by atoms with Gasteiger partial charge in [-0.1, -0.05) is 73.5 Å². The molecule has 66 heavy (non-hydrogen) atoms. The van der Waals surface area contributed by atoms with Crippen LogP contribution in [0.15, 0.2) is 91.1 Å². The number of hydrogen-bond donors (Lipinski definition) is 4. The van der Waals surface area contributed by atoms with Crippen molar-refractivity contribution in [3.63, 3.8) is 0 Å². The van der Waals surface area contributed by atoms with Crippen molar-refractivity contribution < 1.29 is 32.2 Å². The maximum absolute atomic E-state index is 14.2. The van der Waals surface area contributed by atoms with Gasteiger partial charge in [0.05, 0.1) is 24.0 Å². The summed E-state index contributed by atoms with van der Waals surface area (Å²) in [5, 5.41) is 11.5.